The average molecular weight is 448 g/mol. The zero-order chi connectivity index (χ0) is 21.8. The number of rotatable bonds is 6. The summed E-state index contributed by atoms with van der Waals surface area (Å²) in [5.74, 6) is -5.62. The molecule has 1 aromatic rings. The number of ether oxygens (including phenoxy) is 4. The number of esters is 3. The Hall–Kier alpha value is -2.64. The first-order valence-electron chi connectivity index (χ1n) is 8.65. The van der Waals surface area contributed by atoms with Crippen LogP contribution in [0.2, 0.25) is 0 Å². The second-order valence-electron chi connectivity index (χ2n) is 6.97. The highest BCUT2D eigenvalue weighted by atomic mass is 32.2. The van der Waals surface area contributed by atoms with Gasteiger partial charge in [-0.05, 0) is 12.1 Å². The van der Waals surface area contributed by atoms with E-state index in [9.17, 15) is 31.6 Å². The fourth-order valence-electron chi connectivity index (χ4n) is 3.83. The Morgan fingerprint density at radius 3 is 2.43 bits per heavy atom. The van der Waals surface area contributed by atoms with Crippen LogP contribution in [0.4, 0.5) is 8.78 Å². The first-order valence-corrected chi connectivity index (χ1v) is 10.1. The van der Waals surface area contributed by atoms with E-state index in [2.05, 4.69) is 4.74 Å². The molecule has 0 amide bonds. The Morgan fingerprint density at radius 1 is 1.13 bits per heavy atom. The SMILES string of the molecule is O=C(OC1C2OC(=O)C3C2OC1C3C(=O)OCC(F)(F)S(=O)(=O)O)c1ccccc1. The number of hydrogen-bond donors (Lipinski definition) is 1. The molecule has 162 valence electrons. The zero-order valence-electron chi connectivity index (χ0n) is 14.8. The van der Waals surface area contributed by atoms with E-state index < -0.39 is 76.1 Å². The summed E-state index contributed by atoms with van der Waals surface area (Å²) in [6.07, 6.45) is -4.32. The van der Waals surface area contributed by atoms with E-state index in [0.29, 0.717) is 0 Å². The first kappa shape index (κ1) is 20.6. The van der Waals surface area contributed by atoms with E-state index in [1.807, 2.05) is 0 Å². The van der Waals surface area contributed by atoms with Gasteiger partial charge in [0, 0.05) is 0 Å². The Bertz CT molecular complexity index is 995. The van der Waals surface area contributed by atoms with Crippen molar-refractivity contribution in [3.63, 3.8) is 0 Å². The van der Waals surface area contributed by atoms with Crippen LogP contribution in [0.25, 0.3) is 0 Å². The number of benzene rings is 1. The van der Waals surface area contributed by atoms with Gasteiger partial charge in [-0.2, -0.15) is 17.2 Å². The summed E-state index contributed by atoms with van der Waals surface area (Å²) < 4.78 is 76.9. The van der Waals surface area contributed by atoms with Gasteiger partial charge in [-0.3, -0.25) is 14.1 Å². The number of fused-ring (bicyclic) bond motifs is 1. The predicted molar refractivity (Wildman–Crippen MR) is 88.6 cm³/mol. The van der Waals surface area contributed by atoms with Crippen LogP contribution < -0.4 is 0 Å². The molecule has 4 rings (SSSR count). The summed E-state index contributed by atoms with van der Waals surface area (Å²) >= 11 is 0. The van der Waals surface area contributed by atoms with Crippen molar-refractivity contribution in [2.24, 2.45) is 11.8 Å². The van der Waals surface area contributed by atoms with Gasteiger partial charge in [0.05, 0.1) is 5.56 Å². The highest BCUT2D eigenvalue weighted by Gasteiger charge is 2.72. The van der Waals surface area contributed by atoms with Crippen molar-refractivity contribution in [3.05, 3.63) is 35.9 Å². The molecule has 3 saturated heterocycles. The summed E-state index contributed by atoms with van der Waals surface area (Å²) in [5.41, 5.74) is 0.188. The van der Waals surface area contributed by atoms with Crippen LogP contribution in [0.3, 0.4) is 0 Å². The zero-order valence-corrected chi connectivity index (χ0v) is 15.7. The molecule has 3 aliphatic heterocycles. The smallest absolute Gasteiger partial charge is 0.402 e. The lowest BCUT2D eigenvalue weighted by Gasteiger charge is -2.27. The van der Waals surface area contributed by atoms with Crippen LogP contribution in [0, 0.1) is 11.8 Å². The molecule has 0 radical (unpaired) electrons. The van der Waals surface area contributed by atoms with Crippen molar-refractivity contribution in [1.29, 1.82) is 0 Å². The molecule has 3 aliphatic rings. The van der Waals surface area contributed by atoms with Crippen LogP contribution in [-0.2, 0) is 38.7 Å². The number of halogens is 2. The number of carbonyl (C=O) groups is 3. The van der Waals surface area contributed by atoms with Crippen molar-refractivity contribution in [3.8, 4) is 0 Å². The van der Waals surface area contributed by atoms with Gasteiger partial charge in [-0.1, -0.05) is 18.2 Å². The molecule has 0 aromatic heterocycles. The number of carbonyl (C=O) groups excluding carboxylic acids is 3. The van der Waals surface area contributed by atoms with Gasteiger partial charge in [0.25, 0.3) is 0 Å². The van der Waals surface area contributed by atoms with E-state index in [-0.39, 0.29) is 5.56 Å². The molecular weight excluding hydrogens is 434 g/mol. The van der Waals surface area contributed by atoms with E-state index in [1.54, 1.807) is 18.2 Å². The van der Waals surface area contributed by atoms with Crippen molar-refractivity contribution in [2.45, 2.75) is 29.7 Å². The molecule has 0 spiro atoms. The van der Waals surface area contributed by atoms with Crippen molar-refractivity contribution in [1.82, 2.24) is 0 Å². The standard InChI is InChI=1S/C17H14F2O10S/c18-17(19,30(23,24)25)6-26-15(21)8-9-11-13(29-16(9)22)12(10(8)27-11)28-14(20)7-4-2-1-3-5-7/h1-5,8-13H,6H2,(H,23,24,25). The molecule has 3 fully saturated rings. The van der Waals surface area contributed by atoms with Gasteiger partial charge in [0.15, 0.2) is 18.8 Å². The number of alkyl halides is 2. The summed E-state index contributed by atoms with van der Waals surface area (Å²) in [7, 11) is -5.81. The maximum atomic E-state index is 13.4. The summed E-state index contributed by atoms with van der Waals surface area (Å²) in [5, 5.41) is -4.74. The molecule has 30 heavy (non-hydrogen) atoms. The van der Waals surface area contributed by atoms with Crippen molar-refractivity contribution >= 4 is 28.0 Å². The molecule has 0 saturated carbocycles. The second-order valence-corrected chi connectivity index (χ2v) is 8.52. The summed E-state index contributed by atoms with van der Waals surface area (Å²) in [6, 6.07) is 7.81. The van der Waals surface area contributed by atoms with Gasteiger partial charge >= 0.3 is 33.3 Å². The second kappa shape index (κ2) is 6.96. The van der Waals surface area contributed by atoms with Crippen molar-refractivity contribution in [2.75, 3.05) is 6.61 Å². The third-order valence-corrected chi connectivity index (χ3v) is 6.06. The van der Waals surface area contributed by atoms with Crippen LogP contribution in [0.15, 0.2) is 30.3 Å². The molecule has 13 heteroatoms. The monoisotopic (exact) mass is 448 g/mol. The topological polar surface area (TPSA) is 142 Å². The maximum absolute atomic E-state index is 13.4. The fourth-order valence-corrected chi connectivity index (χ4v) is 4.04. The molecule has 6 atom stereocenters. The molecule has 3 heterocycles. The predicted octanol–water partition coefficient (Wildman–Crippen LogP) is 0.175. The molecule has 10 nitrogen and oxygen atoms in total. The Balaban J connectivity index is 1.51. The minimum absolute atomic E-state index is 0.188. The third-order valence-electron chi connectivity index (χ3n) is 5.19. The van der Waals surface area contributed by atoms with Gasteiger partial charge in [0.1, 0.15) is 24.0 Å². The fraction of sp³-hybridized carbons (Fsp3) is 0.471. The Kier molecular flexibility index (Phi) is 4.78. The Morgan fingerprint density at radius 2 is 1.80 bits per heavy atom. The van der Waals surface area contributed by atoms with Crippen molar-refractivity contribution < 1.29 is 55.1 Å². The minimum Gasteiger partial charge on any atom is -0.458 e. The average Bonchev–Trinajstić information content (AvgIpc) is 3.29. The largest absolute Gasteiger partial charge is 0.458 e. The summed E-state index contributed by atoms with van der Waals surface area (Å²) in [4.78, 5) is 36.9. The van der Waals surface area contributed by atoms with Crippen LogP contribution in [0.5, 0.6) is 0 Å². The van der Waals surface area contributed by atoms with Crippen LogP contribution in [-0.4, -0.2) is 67.2 Å². The lowest BCUT2D eigenvalue weighted by Crippen LogP contribution is -2.48. The van der Waals surface area contributed by atoms with Gasteiger partial charge in [0.2, 0.25) is 0 Å². The molecule has 2 bridgehead atoms. The first-order chi connectivity index (χ1) is 14.0. The molecule has 6 unspecified atom stereocenters. The normalized spacial score (nSPS) is 32.0. The van der Waals surface area contributed by atoms with Gasteiger partial charge < -0.3 is 18.9 Å². The van der Waals surface area contributed by atoms with E-state index >= 15 is 0 Å². The van der Waals surface area contributed by atoms with Gasteiger partial charge in [-0.15, -0.1) is 0 Å². The van der Waals surface area contributed by atoms with Gasteiger partial charge in [-0.25, -0.2) is 4.79 Å². The summed E-state index contributed by atoms with van der Waals surface area (Å²) in [6.45, 7) is -1.96. The van der Waals surface area contributed by atoms with E-state index in [1.165, 1.54) is 12.1 Å². The lowest BCUT2D eigenvalue weighted by atomic mass is 9.78. The highest BCUT2D eigenvalue weighted by molar-refractivity contribution is 7.86. The minimum atomic E-state index is -5.81. The van der Waals surface area contributed by atoms with Crippen LogP contribution >= 0.6 is 0 Å². The number of hydrogen-bond acceptors (Lipinski definition) is 9. The quantitative estimate of drug-likeness (QED) is 0.364. The molecule has 0 aliphatic carbocycles. The molecule has 1 aromatic carbocycles. The molecular formula is C17H14F2O10S. The lowest BCUT2D eigenvalue weighted by molar-refractivity contribution is -0.160. The third kappa shape index (κ3) is 3.22. The van der Waals surface area contributed by atoms with E-state index in [4.69, 9.17) is 18.8 Å². The molecule has 1 N–H and O–H groups in total. The van der Waals surface area contributed by atoms with Crippen LogP contribution in [0.1, 0.15) is 10.4 Å². The Labute approximate surface area is 167 Å². The van der Waals surface area contributed by atoms with E-state index in [0.717, 1.165) is 0 Å². The highest BCUT2D eigenvalue weighted by Crippen LogP contribution is 2.51. The maximum Gasteiger partial charge on any atom is 0.402 e.